The molecular formula is C17H28N2O2. The largest absolute Gasteiger partial charge is 0.481 e. The molecule has 1 rings (SSSR count). The second-order valence-corrected chi connectivity index (χ2v) is 6.32. The molecule has 1 aromatic carbocycles. The lowest BCUT2D eigenvalue weighted by Crippen LogP contribution is -2.48. The van der Waals surface area contributed by atoms with Gasteiger partial charge in [0.2, 0.25) is 0 Å². The predicted octanol–water partition coefficient (Wildman–Crippen LogP) is 3.09. The second kappa shape index (κ2) is 6.94. The zero-order valence-corrected chi connectivity index (χ0v) is 14.0. The number of nitrogens with two attached hydrogens (primary N) is 1. The lowest BCUT2D eigenvalue weighted by molar-refractivity contribution is -0.129. The molecule has 0 radical (unpaired) electrons. The molecule has 2 atom stereocenters. The Labute approximate surface area is 128 Å². The molecule has 1 amide bonds. The van der Waals surface area contributed by atoms with Gasteiger partial charge in [-0.3, -0.25) is 4.79 Å². The van der Waals surface area contributed by atoms with Gasteiger partial charge in [0, 0.05) is 17.1 Å². The molecule has 4 heteroatoms. The number of carbonyl (C=O) groups excluding carboxylic acids is 1. The number of benzene rings is 1. The molecule has 0 bridgehead atoms. The van der Waals surface area contributed by atoms with Crippen molar-refractivity contribution in [2.24, 2.45) is 5.73 Å². The number of rotatable bonds is 6. The molecule has 0 spiro atoms. The lowest BCUT2D eigenvalue weighted by Gasteiger charge is -2.27. The quantitative estimate of drug-likeness (QED) is 0.847. The van der Waals surface area contributed by atoms with E-state index in [-0.39, 0.29) is 17.5 Å². The summed E-state index contributed by atoms with van der Waals surface area (Å²) < 4.78 is 5.85. The molecule has 21 heavy (non-hydrogen) atoms. The summed E-state index contributed by atoms with van der Waals surface area (Å²) in [6, 6.07) is 5.74. The first-order valence-electron chi connectivity index (χ1n) is 7.51. The Morgan fingerprint density at radius 3 is 2.52 bits per heavy atom. The van der Waals surface area contributed by atoms with Crippen LogP contribution in [0.25, 0.3) is 0 Å². The molecule has 118 valence electrons. The van der Waals surface area contributed by atoms with Crippen LogP contribution >= 0.6 is 0 Å². The number of hydrogen-bond acceptors (Lipinski definition) is 3. The average Bonchev–Trinajstić information content (AvgIpc) is 2.37. The monoisotopic (exact) mass is 292 g/mol. The van der Waals surface area contributed by atoms with E-state index in [0.29, 0.717) is 5.75 Å². The van der Waals surface area contributed by atoms with E-state index in [1.54, 1.807) is 6.92 Å². The van der Waals surface area contributed by atoms with Gasteiger partial charge in [-0.1, -0.05) is 19.1 Å². The van der Waals surface area contributed by atoms with E-state index in [1.807, 2.05) is 52.8 Å². The van der Waals surface area contributed by atoms with Gasteiger partial charge in [0.15, 0.2) is 6.10 Å². The fourth-order valence-corrected chi connectivity index (χ4v) is 1.89. The minimum Gasteiger partial charge on any atom is -0.481 e. The second-order valence-electron chi connectivity index (χ2n) is 6.32. The van der Waals surface area contributed by atoms with Crippen LogP contribution in [-0.2, 0) is 4.79 Å². The van der Waals surface area contributed by atoms with Crippen LogP contribution in [0.5, 0.6) is 5.75 Å². The highest BCUT2D eigenvalue weighted by molar-refractivity contribution is 5.81. The highest BCUT2D eigenvalue weighted by Gasteiger charge is 2.23. The smallest absolute Gasteiger partial charge is 0.261 e. The third-order valence-electron chi connectivity index (χ3n) is 3.68. The molecule has 0 aliphatic carbocycles. The molecule has 4 nitrogen and oxygen atoms in total. The third kappa shape index (κ3) is 5.05. The van der Waals surface area contributed by atoms with Gasteiger partial charge in [0.25, 0.3) is 5.91 Å². The summed E-state index contributed by atoms with van der Waals surface area (Å²) in [4.78, 5) is 12.2. The van der Waals surface area contributed by atoms with Gasteiger partial charge in [-0.05, 0) is 52.7 Å². The highest BCUT2D eigenvalue weighted by Crippen LogP contribution is 2.26. The third-order valence-corrected chi connectivity index (χ3v) is 3.68. The molecular weight excluding hydrogens is 264 g/mol. The molecule has 3 N–H and O–H groups in total. The number of amides is 1. The number of hydrogen-bond donors (Lipinski definition) is 2. The maximum Gasteiger partial charge on any atom is 0.261 e. The normalized spacial score (nSPS) is 14.4. The average molecular weight is 292 g/mol. The van der Waals surface area contributed by atoms with E-state index in [9.17, 15) is 4.79 Å². The molecule has 0 aliphatic rings. The van der Waals surface area contributed by atoms with Crippen molar-refractivity contribution >= 4 is 5.91 Å². The van der Waals surface area contributed by atoms with Crippen molar-refractivity contribution in [1.82, 2.24) is 5.32 Å². The van der Waals surface area contributed by atoms with Gasteiger partial charge in [-0.15, -0.1) is 0 Å². The zero-order valence-electron chi connectivity index (χ0n) is 14.0. The summed E-state index contributed by atoms with van der Waals surface area (Å²) >= 11 is 0. The van der Waals surface area contributed by atoms with Crippen LogP contribution in [0.2, 0.25) is 0 Å². The van der Waals surface area contributed by atoms with Crippen LogP contribution in [0, 0.1) is 6.92 Å². The van der Waals surface area contributed by atoms with Crippen LogP contribution < -0.4 is 15.8 Å². The first-order chi connectivity index (χ1) is 9.66. The maximum atomic E-state index is 12.2. The van der Waals surface area contributed by atoms with Gasteiger partial charge in [0.05, 0.1) is 0 Å². The molecule has 1 unspecified atom stereocenters. The SMILES string of the molecule is CCC(C)(C)NC(=O)C(C)Oc1cc(C)ccc1[C@H](C)N. The Morgan fingerprint density at radius 2 is 2.00 bits per heavy atom. The molecule has 0 heterocycles. The lowest BCUT2D eigenvalue weighted by atomic mass is 10.0. The Kier molecular flexibility index (Phi) is 5.78. The minimum atomic E-state index is -0.560. The van der Waals surface area contributed by atoms with Crippen molar-refractivity contribution in [3.63, 3.8) is 0 Å². The molecule has 0 aromatic heterocycles. The minimum absolute atomic E-state index is 0.112. The zero-order chi connectivity index (χ0) is 16.2. The van der Waals surface area contributed by atoms with E-state index in [4.69, 9.17) is 10.5 Å². The summed E-state index contributed by atoms with van der Waals surface area (Å²) in [7, 11) is 0. The van der Waals surface area contributed by atoms with Crippen LogP contribution in [0.1, 0.15) is 58.2 Å². The Hall–Kier alpha value is -1.55. The van der Waals surface area contributed by atoms with Crippen LogP contribution in [0.15, 0.2) is 18.2 Å². The predicted molar refractivity (Wildman–Crippen MR) is 86.4 cm³/mol. The van der Waals surface area contributed by atoms with Gasteiger partial charge in [-0.25, -0.2) is 0 Å². The molecule has 0 saturated heterocycles. The molecule has 0 aliphatic heterocycles. The van der Waals surface area contributed by atoms with Gasteiger partial charge in [0.1, 0.15) is 5.75 Å². The van der Waals surface area contributed by atoms with Crippen LogP contribution in [-0.4, -0.2) is 17.6 Å². The molecule has 1 aromatic rings. The Morgan fingerprint density at radius 1 is 1.38 bits per heavy atom. The van der Waals surface area contributed by atoms with Gasteiger partial charge >= 0.3 is 0 Å². The van der Waals surface area contributed by atoms with Crippen molar-refractivity contribution in [1.29, 1.82) is 0 Å². The van der Waals surface area contributed by atoms with E-state index in [2.05, 4.69) is 5.32 Å². The van der Waals surface area contributed by atoms with Crippen molar-refractivity contribution in [3.8, 4) is 5.75 Å². The first kappa shape index (κ1) is 17.5. The van der Waals surface area contributed by atoms with Crippen molar-refractivity contribution in [2.75, 3.05) is 0 Å². The van der Waals surface area contributed by atoms with Gasteiger partial charge in [-0.2, -0.15) is 0 Å². The van der Waals surface area contributed by atoms with Crippen LogP contribution in [0.4, 0.5) is 0 Å². The fraction of sp³-hybridized carbons (Fsp3) is 0.588. The van der Waals surface area contributed by atoms with Gasteiger partial charge < -0.3 is 15.8 Å². The highest BCUT2D eigenvalue weighted by atomic mass is 16.5. The number of carbonyl (C=O) groups is 1. The van der Waals surface area contributed by atoms with E-state index in [0.717, 1.165) is 17.5 Å². The summed E-state index contributed by atoms with van der Waals surface area (Å²) in [6.07, 6.45) is 0.302. The molecule has 0 fully saturated rings. The van der Waals surface area contributed by atoms with Crippen molar-refractivity contribution in [2.45, 2.75) is 65.6 Å². The number of aryl methyl sites for hydroxylation is 1. The Bertz CT molecular complexity index is 496. The molecule has 0 saturated carbocycles. The topological polar surface area (TPSA) is 64.3 Å². The maximum absolute atomic E-state index is 12.2. The van der Waals surface area contributed by atoms with E-state index >= 15 is 0 Å². The summed E-state index contributed by atoms with van der Waals surface area (Å²) in [6.45, 7) is 11.7. The Balaban J connectivity index is 2.85. The summed E-state index contributed by atoms with van der Waals surface area (Å²) in [5.41, 5.74) is 7.72. The standard InChI is InChI=1S/C17H28N2O2/c1-7-17(5,6)19-16(20)13(4)21-15-10-11(2)8-9-14(15)12(3)18/h8-10,12-13H,7,18H2,1-6H3,(H,19,20)/t12-,13?/m0/s1. The van der Waals surface area contributed by atoms with Crippen LogP contribution in [0.3, 0.4) is 0 Å². The fourth-order valence-electron chi connectivity index (χ4n) is 1.89. The first-order valence-corrected chi connectivity index (χ1v) is 7.51. The van der Waals surface area contributed by atoms with Crippen molar-refractivity contribution in [3.05, 3.63) is 29.3 Å². The number of ether oxygens (including phenoxy) is 1. The summed E-state index contributed by atoms with van der Waals surface area (Å²) in [5.74, 6) is 0.570. The van der Waals surface area contributed by atoms with E-state index < -0.39 is 6.10 Å². The number of nitrogens with one attached hydrogen (secondary N) is 1. The van der Waals surface area contributed by atoms with Crippen molar-refractivity contribution < 1.29 is 9.53 Å². The summed E-state index contributed by atoms with van der Waals surface area (Å²) in [5, 5.41) is 2.99. The van der Waals surface area contributed by atoms with E-state index in [1.165, 1.54) is 0 Å².